The molecule has 0 fully saturated rings. The second kappa shape index (κ2) is 10.9. The molecule has 0 saturated carbocycles. The van der Waals surface area contributed by atoms with Crippen molar-refractivity contribution in [3.05, 3.63) is 59.2 Å². The van der Waals surface area contributed by atoms with Gasteiger partial charge in [0, 0.05) is 12.2 Å². The maximum atomic E-state index is 12.1. The molecule has 150 valence electrons. The fraction of sp³-hybridized carbons (Fsp3) is 0.333. The number of hydrogen-bond donors (Lipinski definition) is 2. The van der Waals surface area contributed by atoms with Gasteiger partial charge >= 0.3 is 0 Å². The van der Waals surface area contributed by atoms with Gasteiger partial charge in [-0.05, 0) is 68.3 Å². The lowest BCUT2D eigenvalue weighted by Gasteiger charge is -2.10. The zero-order valence-electron chi connectivity index (χ0n) is 16.4. The Morgan fingerprint density at radius 3 is 2.18 bits per heavy atom. The van der Waals surface area contributed by atoms with E-state index in [9.17, 15) is 9.59 Å². The van der Waals surface area contributed by atoms with E-state index in [2.05, 4.69) is 10.9 Å². The molecule has 2 amide bonds. The van der Waals surface area contributed by atoms with Crippen LogP contribution in [0.5, 0.6) is 11.5 Å². The second-order valence-electron chi connectivity index (χ2n) is 6.18. The van der Waals surface area contributed by atoms with Crippen LogP contribution in [-0.2, 0) is 9.53 Å². The van der Waals surface area contributed by atoms with Crippen LogP contribution in [0, 0.1) is 13.8 Å². The highest BCUT2D eigenvalue weighted by atomic mass is 16.5. The van der Waals surface area contributed by atoms with Crippen LogP contribution in [0.1, 0.15) is 28.4 Å². The summed E-state index contributed by atoms with van der Waals surface area (Å²) in [5.74, 6) is 0.366. The lowest BCUT2D eigenvalue weighted by molar-refractivity contribution is -0.123. The monoisotopic (exact) mass is 386 g/mol. The molecule has 2 N–H and O–H groups in total. The normalized spacial score (nSPS) is 10.2. The number of rotatable bonds is 9. The summed E-state index contributed by atoms with van der Waals surface area (Å²) in [6.07, 6.45) is 0. The van der Waals surface area contributed by atoms with Crippen molar-refractivity contribution in [1.82, 2.24) is 10.9 Å². The van der Waals surface area contributed by atoms with E-state index < -0.39 is 11.8 Å². The molecule has 0 aliphatic carbocycles. The van der Waals surface area contributed by atoms with Crippen molar-refractivity contribution in [2.75, 3.05) is 26.4 Å². The van der Waals surface area contributed by atoms with Crippen LogP contribution >= 0.6 is 0 Å². The number of aryl methyl sites for hydroxylation is 2. The molecule has 0 heterocycles. The lowest BCUT2D eigenvalue weighted by Crippen LogP contribution is -2.43. The van der Waals surface area contributed by atoms with Gasteiger partial charge in [-0.15, -0.1) is 0 Å². The summed E-state index contributed by atoms with van der Waals surface area (Å²) in [6, 6.07) is 12.3. The van der Waals surface area contributed by atoms with Crippen LogP contribution in [-0.4, -0.2) is 38.2 Å². The minimum atomic E-state index is -0.455. The van der Waals surface area contributed by atoms with E-state index >= 15 is 0 Å². The van der Waals surface area contributed by atoms with Crippen LogP contribution in [0.15, 0.2) is 42.5 Å². The molecule has 0 atom stereocenters. The zero-order chi connectivity index (χ0) is 20.4. The van der Waals surface area contributed by atoms with Crippen molar-refractivity contribution in [2.24, 2.45) is 0 Å². The number of hydrogen-bond acceptors (Lipinski definition) is 5. The number of carbonyl (C=O) groups is 2. The van der Waals surface area contributed by atoms with Gasteiger partial charge in [-0.25, -0.2) is 0 Å². The lowest BCUT2D eigenvalue weighted by atomic mass is 10.1. The minimum absolute atomic E-state index is 0.199. The Balaban J connectivity index is 1.74. The van der Waals surface area contributed by atoms with E-state index in [0.29, 0.717) is 36.9 Å². The van der Waals surface area contributed by atoms with E-state index in [1.54, 1.807) is 24.3 Å². The second-order valence-corrected chi connectivity index (χ2v) is 6.18. The molecule has 2 aromatic carbocycles. The Hall–Kier alpha value is -3.06. The van der Waals surface area contributed by atoms with Gasteiger partial charge in [-0.2, -0.15) is 0 Å². The van der Waals surface area contributed by atoms with Crippen LogP contribution in [0.4, 0.5) is 0 Å². The molecule has 0 spiro atoms. The predicted octanol–water partition coefficient (Wildman–Crippen LogP) is 2.56. The van der Waals surface area contributed by atoms with Crippen LogP contribution in [0.3, 0.4) is 0 Å². The highest BCUT2D eigenvalue weighted by Crippen LogP contribution is 2.16. The smallest absolute Gasteiger partial charge is 0.276 e. The van der Waals surface area contributed by atoms with Gasteiger partial charge in [0.25, 0.3) is 11.8 Å². The fourth-order valence-electron chi connectivity index (χ4n) is 2.47. The summed E-state index contributed by atoms with van der Waals surface area (Å²) in [5, 5.41) is 0. The summed E-state index contributed by atoms with van der Waals surface area (Å²) in [6.45, 7) is 7.22. The molecular weight excluding hydrogens is 360 g/mol. The number of amides is 2. The third-order valence-corrected chi connectivity index (χ3v) is 3.70. The van der Waals surface area contributed by atoms with Gasteiger partial charge in [0.05, 0.1) is 6.61 Å². The predicted molar refractivity (Wildman–Crippen MR) is 105 cm³/mol. The largest absolute Gasteiger partial charge is 0.491 e. The van der Waals surface area contributed by atoms with Gasteiger partial charge in [-0.1, -0.05) is 6.07 Å². The molecule has 7 nitrogen and oxygen atoms in total. The molecule has 7 heteroatoms. The molecule has 0 saturated heterocycles. The molecule has 0 unspecified atom stereocenters. The van der Waals surface area contributed by atoms with Crippen molar-refractivity contribution < 1.29 is 23.8 Å². The van der Waals surface area contributed by atoms with E-state index in [0.717, 1.165) is 11.1 Å². The quantitative estimate of drug-likeness (QED) is 0.511. The van der Waals surface area contributed by atoms with Crippen LogP contribution < -0.4 is 20.3 Å². The average molecular weight is 386 g/mol. The summed E-state index contributed by atoms with van der Waals surface area (Å²) >= 11 is 0. The van der Waals surface area contributed by atoms with Crippen molar-refractivity contribution in [3.8, 4) is 11.5 Å². The fourth-order valence-corrected chi connectivity index (χ4v) is 2.47. The number of benzene rings is 2. The van der Waals surface area contributed by atoms with Crippen molar-refractivity contribution in [1.29, 1.82) is 0 Å². The minimum Gasteiger partial charge on any atom is -0.491 e. The molecule has 2 aromatic rings. The van der Waals surface area contributed by atoms with E-state index in [1.165, 1.54) is 0 Å². The summed E-state index contributed by atoms with van der Waals surface area (Å²) in [4.78, 5) is 24.0. The molecule has 0 aliphatic heterocycles. The van der Waals surface area contributed by atoms with Gasteiger partial charge in [0.15, 0.2) is 6.61 Å². The molecule has 0 radical (unpaired) electrons. The van der Waals surface area contributed by atoms with Crippen molar-refractivity contribution >= 4 is 11.8 Å². The van der Waals surface area contributed by atoms with Crippen molar-refractivity contribution in [3.63, 3.8) is 0 Å². The molecular formula is C21H26N2O5. The Kier molecular flexibility index (Phi) is 8.30. The van der Waals surface area contributed by atoms with Crippen LogP contribution in [0.2, 0.25) is 0 Å². The highest BCUT2D eigenvalue weighted by Gasteiger charge is 2.08. The maximum absolute atomic E-state index is 12.1. The third-order valence-electron chi connectivity index (χ3n) is 3.70. The van der Waals surface area contributed by atoms with Crippen LogP contribution in [0.25, 0.3) is 0 Å². The summed E-state index contributed by atoms with van der Waals surface area (Å²) in [7, 11) is 0. The van der Waals surface area contributed by atoms with Gasteiger partial charge in [0.2, 0.25) is 0 Å². The zero-order valence-corrected chi connectivity index (χ0v) is 16.4. The average Bonchev–Trinajstić information content (AvgIpc) is 2.67. The number of nitrogens with one attached hydrogen (secondary N) is 2. The molecule has 2 rings (SSSR count). The molecule has 0 bridgehead atoms. The Morgan fingerprint density at radius 2 is 1.54 bits per heavy atom. The number of ether oxygens (including phenoxy) is 3. The van der Waals surface area contributed by atoms with Gasteiger partial charge < -0.3 is 14.2 Å². The van der Waals surface area contributed by atoms with Gasteiger partial charge in [0.1, 0.15) is 18.1 Å². The summed E-state index contributed by atoms with van der Waals surface area (Å²) < 4.78 is 16.1. The molecule has 0 aromatic heterocycles. The molecule has 28 heavy (non-hydrogen) atoms. The third kappa shape index (κ3) is 7.28. The van der Waals surface area contributed by atoms with Crippen molar-refractivity contribution in [2.45, 2.75) is 20.8 Å². The Morgan fingerprint density at radius 1 is 0.857 bits per heavy atom. The summed E-state index contributed by atoms with van der Waals surface area (Å²) in [5.41, 5.74) is 7.19. The topological polar surface area (TPSA) is 85.9 Å². The standard InChI is InChI=1S/C21H26N2O5/c1-4-26-9-10-27-18-7-5-17(6-8-18)21(25)23-22-20(24)14-28-19-12-15(2)11-16(3)13-19/h5-8,11-13H,4,9-10,14H2,1-3H3,(H,22,24)(H,23,25). The highest BCUT2D eigenvalue weighted by molar-refractivity contribution is 5.95. The maximum Gasteiger partial charge on any atom is 0.276 e. The number of carbonyl (C=O) groups excluding carboxylic acids is 2. The van der Waals surface area contributed by atoms with E-state index in [-0.39, 0.29) is 6.61 Å². The SMILES string of the molecule is CCOCCOc1ccc(C(=O)NNC(=O)COc2cc(C)cc(C)c2)cc1. The first-order chi connectivity index (χ1) is 13.5. The Bertz CT molecular complexity index is 770. The first-order valence-electron chi connectivity index (χ1n) is 9.09. The Labute approximate surface area is 165 Å². The number of hydrazine groups is 1. The first kappa shape index (κ1) is 21.2. The first-order valence-corrected chi connectivity index (χ1v) is 9.09. The van der Waals surface area contributed by atoms with E-state index in [4.69, 9.17) is 14.2 Å². The van der Waals surface area contributed by atoms with Gasteiger partial charge in [-0.3, -0.25) is 20.4 Å². The molecule has 0 aliphatic rings. The van der Waals surface area contributed by atoms with E-state index in [1.807, 2.05) is 39.0 Å².